The number of aryl methyl sites for hydroxylation is 1. The Bertz CT molecular complexity index is 819. The first kappa shape index (κ1) is 17.1. The molecule has 2 unspecified atom stereocenters. The van der Waals surface area contributed by atoms with Gasteiger partial charge in [0.2, 0.25) is 5.91 Å². The number of alkyl halides is 2. The van der Waals surface area contributed by atoms with E-state index in [0.29, 0.717) is 17.3 Å². The predicted octanol–water partition coefficient (Wildman–Crippen LogP) is 3.50. The molecule has 2 atom stereocenters. The molecule has 0 spiro atoms. The van der Waals surface area contributed by atoms with Crippen LogP contribution in [0.4, 0.5) is 20.2 Å². The van der Waals surface area contributed by atoms with Crippen LogP contribution < -0.4 is 10.6 Å². The minimum absolute atomic E-state index is 0.0136. The molecular formula is C17H18F2N4O2. The number of rotatable bonds is 5. The highest BCUT2D eigenvalue weighted by Gasteiger charge is 2.39. The molecule has 0 aliphatic heterocycles. The van der Waals surface area contributed by atoms with Crippen molar-refractivity contribution >= 4 is 23.2 Å². The summed E-state index contributed by atoms with van der Waals surface area (Å²) in [6, 6.07) is 6.35. The van der Waals surface area contributed by atoms with Gasteiger partial charge in [0.05, 0.1) is 11.4 Å². The van der Waals surface area contributed by atoms with Crippen molar-refractivity contribution in [2.75, 3.05) is 10.6 Å². The van der Waals surface area contributed by atoms with Gasteiger partial charge in [0.1, 0.15) is 0 Å². The van der Waals surface area contributed by atoms with Crippen molar-refractivity contribution in [3.05, 3.63) is 41.2 Å². The molecule has 132 valence electrons. The van der Waals surface area contributed by atoms with Crippen LogP contribution in [-0.4, -0.2) is 22.0 Å². The van der Waals surface area contributed by atoms with Crippen LogP contribution >= 0.6 is 0 Å². The van der Waals surface area contributed by atoms with Gasteiger partial charge in [-0.05, 0) is 37.5 Å². The summed E-state index contributed by atoms with van der Waals surface area (Å²) in [5.41, 5.74) is 0.562. The zero-order valence-corrected chi connectivity index (χ0v) is 13.8. The van der Waals surface area contributed by atoms with Gasteiger partial charge in [0, 0.05) is 17.2 Å². The highest BCUT2D eigenvalue weighted by atomic mass is 19.3. The van der Waals surface area contributed by atoms with Gasteiger partial charge < -0.3 is 10.6 Å². The van der Waals surface area contributed by atoms with Crippen LogP contribution in [0.1, 0.15) is 41.5 Å². The van der Waals surface area contributed by atoms with Crippen LogP contribution in [0.25, 0.3) is 0 Å². The van der Waals surface area contributed by atoms with Gasteiger partial charge in [0.25, 0.3) is 12.3 Å². The fraction of sp³-hybridized carbons (Fsp3) is 0.353. The van der Waals surface area contributed by atoms with Crippen molar-refractivity contribution < 1.29 is 18.4 Å². The molecule has 1 saturated carbocycles. The van der Waals surface area contributed by atoms with Gasteiger partial charge in [0.15, 0.2) is 5.69 Å². The molecule has 2 aromatic rings. The zero-order chi connectivity index (χ0) is 18.1. The monoisotopic (exact) mass is 348 g/mol. The lowest BCUT2D eigenvalue weighted by atomic mass is 10.1. The first-order chi connectivity index (χ1) is 11.9. The Morgan fingerprint density at radius 1 is 1.32 bits per heavy atom. The summed E-state index contributed by atoms with van der Waals surface area (Å²) in [6.07, 6.45) is -1.94. The minimum Gasteiger partial charge on any atom is -0.326 e. The minimum atomic E-state index is -2.80. The third-order valence-electron chi connectivity index (χ3n) is 4.26. The molecule has 1 aliphatic carbocycles. The smallest absolute Gasteiger partial charge is 0.284 e. The van der Waals surface area contributed by atoms with Crippen LogP contribution in [0.3, 0.4) is 0 Å². The van der Waals surface area contributed by atoms with Crippen molar-refractivity contribution in [3.8, 4) is 0 Å². The highest BCUT2D eigenvalue weighted by Crippen LogP contribution is 2.38. The van der Waals surface area contributed by atoms with E-state index >= 15 is 0 Å². The normalized spacial score (nSPS) is 18.9. The Morgan fingerprint density at radius 2 is 2.04 bits per heavy atom. The van der Waals surface area contributed by atoms with Gasteiger partial charge in [-0.2, -0.15) is 5.10 Å². The summed E-state index contributed by atoms with van der Waals surface area (Å²) in [5, 5.41) is 11.2. The van der Waals surface area contributed by atoms with E-state index in [2.05, 4.69) is 20.8 Å². The molecule has 3 N–H and O–H groups in total. The fourth-order valence-corrected chi connectivity index (χ4v) is 2.61. The van der Waals surface area contributed by atoms with E-state index in [9.17, 15) is 18.4 Å². The van der Waals surface area contributed by atoms with Gasteiger partial charge >= 0.3 is 0 Å². The number of nitrogens with zero attached hydrogens (tertiary/aromatic N) is 1. The van der Waals surface area contributed by atoms with E-state index < -0.39 is 18.0 Å². The summed E-state index contributed by atoms with van der Waals surface area (Å²) >= 11 is 0. The number of anilines is 2. The molecule has 1 aromatic carbocycles. The highest BCUT2D eigenvalue weighted by molar-refractivity contribution is 6.06. The number of aromatic nitrogens is 2. The summed E-state index contributed by atoms with van der Waals surface area (Å²) in [6.45, 7) is 3.55. The molecule has 2 amide bonds. The first-order valence-corrected chi connectivity index (χ1v) is 7.92. The average molecular weight is 348 g/mol. The Balaban J connectivity index is 1.73. The number of hydrogen-bond donors (Lipinski definition) is 3. The standard InChI is InChI=1S/C17H18F2N4O2/c1-8-6-12(8)17(25)20-11-5-3-4-10(7-11)16(24)21-13-9(2)22-23-14(13)15(18)19/h3-5,7-8,12,15H,6H2,1-2H3,(H,20,25)(H,21,24)(H,22,23). The Labute approximate surface area is 143 Å². The quantitative estimate of drug-likeness (QED) is 0.773. The van der Waals surface area contributed by atoms with Crippen molar-refractivity contribution in [2.24, 2.45) is 11.8 Å². The van der Waals surface area contributed by atoms with E-state index in [0.717, 1.165) is 6.42 Å². The number of hydrogen-bond acceptors (Lipinski definition) is 3. The molecular weight excluding hydrogens is 330 g/mol. The fourth-order valence-electron chi connectivity index (χ4n) is 2.61. The number of carbonyl (C=O) groups is 2. The van der Waals surface area contributed by atoms with Crippen molar-refractivity contribution in [1.29, 1.82) is 0 Å². The first-order valence-electron chi connectivity index (χ1n) is 7.92. The van der Waals surface area contributed by atoms with Crippen LogP contribution in [0.15, 0.2) is 24.3 Å². The van der Waals surface area contributed by atoms with Gasteiger partial charge in [-0.3, -0.25) is 14.7 Å². The van der Waals surface area contributed by atoms with Gasteiger partial charge in [-0.15, -0.1) is 0 Å². The molecule has 1 heterocycles. The van der Waals surface area contributed by atoms with Gasteiger partial charge in [-0.25, -0.2) is 8.78 Å². The zero-order valence-electron chi connectivity index (χ0n) is 13.8. The van der Waals surface area contributed by atoms with E-state index in [-0.39, 0.29) is 23.1 Å². The maximum absolute atomic E-state index is 12.9. The largest absolute Gasteiger partial charge is 0.326 e. The maximum atomic E-state index is 12.9. The topological polar surface area (TPSA) is 86.9 Å². The number of halogens is 2. The number of carbonyl (C=O) groups excluding carboxylic acids is 2. The number of benzene rings is 1. The number of amides is 2. The summed E-state index contributed by atoms with van der Waals surface area (Å²) in [4.78, 5) is 24.3. The predicted molar refractivity (Wildman–Crippen MR) is 88.6 cm³/mol. The van der Waals surface area contributed by atoms with Crippen LogP contribution in [-0.2, 0) is 4.79 Å². The number of nitrogens with one attached hydrogen (secondary N) is 3. The Hall–Kier alpha value is -2.77. The van der Waals surface area contributed by atoms with Crippen LogP contribution in [0.2, 0.25) is 0 Å². The SMILES string of the molecule is Cc1[nH]nc(C(F)F)c1NC(=O)c1cccc(NC(=O)C2CC2C)c1. The third kappa shape index (κ3) is 3.67. The molecule has 1 aromatic heterocycles. The molecule has 1 aliphatic rings. The molecule has 1 fully saturated rings. The third-order valence-corrected chi connectivity index (χ3v) is 4.26. The van der Waals surface area contributed by atoms with Crippen LogP contribution in [0, 0.1) is 18.8 Å². The van der Waals surface area contributed by atoms with E-state index in [1.807, 2.05) is 6.92 Å². The van der Waals surface area contributed by atoms with E-state index in [4.69, 9.17) is 0 Å². The lowest BCUT2D eigenvalue weighted by Gasteiger charge is -2.09. The lowest BCUT2D eigenvalue weighted by Crippen LogP contribution is -2.16. The lowest BCUT2D eigenvalue weighted by molar-refractivity contribution is -0.117. The molecule has 0 bridgehead atoms. The average Bonchev–Trinajstić information content (AvgIpc) is 3.19. The number of H-pyrrole nitrogens is 1. The van der Waals surface area contributed by atoms with Gasteiger partial charge in [-0.1, -0.05) is 13.0 Å². The van der Waals surface area contributed by atoms with Crippen molar-refractivity contribution in [2.45, 2.75) is 26.7 Å². The second-order valence-electron chi connectivity index (χ2n) is 6.25. The van der Waals surface area contributed by atoms with Crippen molar-refractivity contribution in [3.63, 3.8) is 0 Å². The van der Waals surface area contributed by atoms with E-state index in [1.165, 1.54) is 6.07 Å². The molecule has 0 radical (unpaired) electrons. The summed E-state index contributed by atoms with van der Waals surface area (Å²) in [7, 11) is 0. The van der Waals surface area contributed by atoms with E-state index in [1.54, 1.807) is 25.1 Å². The summed E-state index contributed by atoms with van der Waals surface area (Å²) < 4.78 is 25.9. The molecule has 0 saturated heterocycles. The van der Waals surface area contributed by atoms with Crippen LogP contribution in [0.5, 0.6) is 0 Å². The molecule has 25 heavy (non-hydrogen) atoms. The Kier molecular flexibility index (Phi) is 4.52. The maximum Gasteiger partial charge on any atom is 0.284 e. The summed E-state index contributed by atoms with van der Waals surface area (Å²) in [5.74, 6) is -0.235. The van der Waals surface area contributed by atoms with Crippen molar-refractivity contribution in [1.82, 2.24) is 10.2 Å². The molecule has 6 nitrogen and oxygen atoms in total. The number of aromatic amines is 1. The Morgan fingerprint density at radius 3 is 2.68 bits per heavy atom. The second kappa shape index (κ2) is 6.62. The molecule has 8 heteroatoms. The second-order valence-corrected chi connectivity index (χ2v) is 6.25. The molecule has 3 rings (SSSR count).